The molecule has 1 rings (SSSR count). The Balaban J connectivity index is 2.88. The van der Waals surface area contributed by atoms with E-state index in [0.717, 1.165) is 17.4 Å². The smallest absolute Gasteiger partial charge is 0.123 e. The summed E-state index contributed by atoms with van der Waals surface area (Å²) < 4.78 is 0. The van der Waals surface area contributed by atoms with Crippen LogP contribution in [0.3, 0.4) is 0 Å². The zero-order valence-electron chi connectivity index (χ0n) is 7.53. The fourth-order valence-corrected chi connectivity index (χ4v) is 1.07. The Hall–Kier alpha value is -1.57. The van der Waals surface area contributed by atoms with Crippen LogP contribution in [-0.4, -0.2) is 11.4 Å². The maximum atomic E-state index is 10.0. The van der Waals surface area contributed by atoms with Gasteiger partial charge in [-0.1, -0.05) is 24.3 Å². The van der Waals surface area contributed by atoms with E-state index in [2.05, 4.69) is 0 Å². The average Bonchev–Trinajstić information content (AvgIpc) is 2.13. The molecule has 0 bridgehead atoms. The summed E-state index contributed by atoms with van der Waals surface area (Å²) in [6.45, 7) is 1.84. The minimum atomic E-state index is 0.285. The second-order valence-electron chi connectivity index (χ2n) is 2.80. The lowest BCUT2D eigenvalue weighted by Gasteiger charge is -2.01. The van der Waals surface area contributed by atoms with E-state index in [1.54, 1.807) is 18.2 Å². The van der Waals surface area contributed by atoms with Crippen molar-refractivity contribution in [3.63, 3.8) is 0 Å². The molecule has 2 nitrogen and oxygen atoms in total. The molecule has 0 heterocycles. The summed E-state index contributed by atoms with van der Waals surface area (Å²) in [6, 6.07) is 5.33. The molecule has 0 saturated carbocycles. The predicted molar refractivity (Wildman–Crippen MR) is 52.6 cm³/mol. The zero-order valence-corrected chi connectivity index (χ0v) is 7.53. The van der Waals surface area contributed by atoms with Gasteiger partial charge in [0.25, 0.3) is 0 Å². The van der Waals surface area contributed by atoms with E-state index < -0.39 is 0 Å². The Labute approximate surface area is 77.5 Å². The number of allylic oxidation sites excluding steroid dienone is 1. The molecular weight excluding hydrogens is 164 g/mol. The highest BCUT2D eigenvalue weighted by molar-refractivity contribution is 5.61. The molecule has 0 fully saturated rings. The van der Waals surface area contributed by atoms with Gasteiger partial charge in [-0.15, -0.1) is 0 Å². The third-order valence-electron chi connectivity index (χ3n) is 1.88. The van der Waals surface area contributed by atoms with Crippen LogP contribution >= 0.6 is 0 Å². The molecule has 2 heteroatoms. The van der Waals surface area contributed by atoms with Gasteiger partial charge in [-0.05, 0) is 24.1 Å². The first kappa shape index (κ1) is 9.52. The first-order valence-corrected chi connectivity index (χ1v) is 4.14. The molecular formula is C11H12O2. The molecule has 0 aliphatic rings. The minimum Gasteiger partial charge on any atom is -0.508 e. The van der Waals surface area contributed by atoms with E-state index in [1.165, 1.54) is 0 Å². The number of hydrogen-bond donors (Lipinski definition) is 1. The van der Waals surface area contributed by atoms with Gasteiger partial charge in [0.15, 0.2) is 0 Å². The minimum absolute atomic E-state index is 0.285. The summed E-state index contributed by atoms with van der Waals surface area (Å²) in [5, 5.41) is 9.35. The number of benzene rings is 1. The summed E-state index contributed by atoms with van der Waals surface area (Å²) in [5.74, 6) is 0.285. The Morgan fingerprint density at radius 3 is 2.92 bits per heavy atom. The van der Waals surface area contributed by atoms with Gasteiger partial charge in [0.05, 0.1) is 0 Å². The first-order chi connectivity index (χ1) is 6.25. The quantitative estimate of drug-likeness (QED) is 0.717. The highest BCUT2D eigenvalue weighted by Crippen LogP contribution is 2.20. The van der Waals surface area contributed by atoms with Crippen molar-refractivity contribution in [1.82, 2.24) is 0 Å². The van der Waals surface area contributed by atoms with E-state index in [1.807, 2.05) is 19.1 Å². The topological polar surface area (TPSA) is 37.3 Å². The number of phenols is 1. The van der Waals surface area contributed by atoms with Gasteiger partial charge in [-0.3, -0.25) is 0 Å². The van der Waals surface area contributed by atoms with E-state index in [9.17, 15) is 9.90 Å². The average molecular weight is 176 g/mol. The monoisotopic (exact) mass is 176 g/mol. The standard InChI is InChI=1S/C11H12O2/c1-9-10(5-2-3-8-12)6-4-7-11(9)13/h2,4-8,13H,3H2,1H3. The maximum absolute atomic E-state index is 10.0. The van der Waals surface area contributed by atoms with Crippen molar-refractivity contribution in [2.45, 2.75) is 13.3 Å². The summed E-state index contributed by atoms with van der Waals surface area (Å²) in [6.07, 6.45) is 4.86. The van der Waals surface area contributed by atoms with Crippen molar-refractivity contribution in [3.8, 4) is 5.75 Å². The lowest BCUT2D eigenvalue weighted by atomic mass is 10.1. The van der Waals surface area contributed by atoms with Crippen molar-refractivity contribution in [1.29, 1.82) is 0 Å². The maximum Gasteiger partial charge on any atom is 0.123 e. The lowest BCUT2D eigenvalue weighted by Crippen LogP contribution is -1.80. The second-order valence-corrected chi connectivity index (χ2v) is 2.80. The highest BCUT2D eigenvalue weighted by Gasteiger charge is 1.97. The summed E-state index contributed by atoms with van der Waals surface area (Å²) >= 11 is 0. The van der Waals surface area contributed by atoms with Crippen LogP contribution in [0, 0.1) is 6.92 Å². The third kappa shape index (κ3) is 2.44. The molecule has 1 N–H and O–H groups in total. The van der Waals surface area contributed by atoms with Crippen LogP contribution in [0.25, 0.3) is 6.08 Å². The second kappa shape index (κ2) is 4.45. The molecule has 0 aromatic heterocycles. The van der Waals surface area contributed by atoms with Gasteiger partial charge in [-0.25, -0.2) is 0 Å². The fraction of sp³-hybridized carbons (Fsp3) is 0.182. The number of hydrogen-bond acceptors (Lipinski definition) is 2. The van der Waals surface area contributed by atoms with Gasteiger partial charge in [0, 0.05) is 6.42 Å². The largest absolute Gasteiger partial charge is 0.508 e. The Kier molecular flexibility index (Phi) is 3.26. The van der Waals surface area contributed by atoms with Crippen LogP contribution in [0.4, 0.5) is 0 Å². The molecule has 0 spiro atoms. The van der Waals surface area contributed by atoms with E-state index >= 15 is 0 Å². The molecule has 0 atom stereocenters. The van der Waals surface area contributed by atoms with E-state index in [0.29, 0.717) is 6.42 Å². The Morgan fingerprint density at radius 1 is 1.46 bits per heavy atom. The van der Waals surface area contributed by atoms with Crippen molar-refractivity contribution in [3.05, 3.63) is 35.4 Å². The van der Waals surface area contributed by atoms with Crippen molar-refractivity contribution in [2.75, 3.05) is 0 Å². The van der Waals surface area contributed by atoms with Crippen molar-refractivity contribution < 1.29 is 9.90 Å². The normalized spacial score (nSPS) is 10.5. The van der Waals surface area contributed by atoms with Gasteiger partial charge < -0.3 is 9.90 Å². The Bertz CT molecular complexity index is 327. The van der Waals surface area contributed by atoms with Gasteiger partial charge >= 0.3 is 0 Å². The van der Waals surface area contributed by atoms with Crippen LogP contribution in [0.15, 0.2) is 24.3 Å². The third-order valence-corrected chi connectivity index (χ3v) is 1.88. The van der Waals surface area contributed by atoms with E-state index in [4.69, 9.17) is 0 Å². The number of carbonyl (C=O) groups is 1. The number of carbonyl (C=O) groups excluding carboxylic acids is 1. The lowest BCUT2D eigenvalue weighted by molar-refractivity contribution is -0.107. The number of phenolic OH excluding ortho intramolecular Hbond substituents is 1. The van der Waals surface area contributed by atoms with E-state index in [-0.39, 0.29) is 5.75 Å². The number of aldehydes is 1. The van der Waals surface area contributed by atoms with Crippen LogP contribution in [-0.2, 0) is 4.79 Å². The summed E-state index contributed by atoms with van der Waals surface area (Å²) in [7, 11) is 0. The number of aromatic hydroxyl groups is 1. The van der Waals surface area contributed by atoms with Gasteiger partial charge in [-0.2, -0.15) is 0 Å². The molecule has 13 heavy (non-hydrogen) atoms. The molecule has 0 amide bonds. The molecule has 0 radical (unpaired) electrons. The fourth-order valence-electron chi connectivity index (χ4n) is 1.07. The summed E-state index contributed by atoms with van der Waals surface area (Å²) in [4.78, 5) is 10.0. The van der Waals surface area contributed by atoms with Crippen LogP contribution < -0.4 is 0 Å². The predicted octanol–water partition coefficient (Wildman–Crippen LogP) is 2.30. The molecule has 1 aromatic carbocycles. The molecule has 1 aromatic rings. The molecule has 68 valence electrons. The molecule has 0 saturated heterocycles. The van der Waals surface area contributed by atoms with Crippen LogP contribution in [0.1, 0.15) is 17.5 Å². The molecule has 0 aliphatic carbocycles. The SMILES string of the molecule is Cc1c(O)cccc1C=CCC=O. The number of rotatable bonds is 3. The molecule has 0 unspecified atom stereocenters. The first-order valence-electron chi connectivity index (χ1n) is 4.14. The van der Waals surface area contributed by atoms with Crippen LogP contribution in [0.5, 0.6) is 5.75 Å². The van der Waals surface area contributed by atoms with Crippen LogP contribution in [0.2, 0.25) is 0 Å². The Morgan fingerprint density at radius 2 is 2.23 bits per heavy atom. The van der Waals surface area contributed by atoms with Crippen molar-refractivity contribution in [2.24, 2.45) is 0 Å². The molecule has 0 aliphatic heterocycles. The van der Waals surface area contributed by atoms with Gasteiger partial charge in [0.2, 0.25) is 0 Å². The van der Waals surface area contributed by atoms with Gasteiger partial charge in [0.1, 0.15) is 12.0 Å². The summed E-state index contributed by atoms with van der Waals surface area (Å²) in [5.41, 5.74) is 1.78. The van der Waals surface area contributed by atoms with Crippen molar-refractivity contribution >= 4 is 12.4 Å². The highest BCUT2D eigenvalue weighted by atomic mass is 16.3. The zero-order chi connectivity index (χ0) is 9.68.